The molecule has 6 fully saturated rings. The Balaban J connectivity index is 0.000000194. The van der Waals surface area contributed by atoms with E-state index in [1.54, 1.807) is 7.11 Å². The smallest absolute Gasteiger partial charge is 0.228 e. The molecule has 0 aromatic heterocycles. The average Bonchev–Trinajstić information content (AvgIpc) is 1.66. The fourth-order valence-corrected chi connectivity index (χ4v) is 15.3. The second kappa shape index (κ2) is 43.4. The standard InChI is InChI=1S/C17H25ClN2O.2C17H26N2O.C16H24N2O2.C16H24N2O.C13H21N3O/c1-13-5-6-14(11-15(13)18)12-19-7-9-20(10-8-19)16(21)17(2,3)4;1-14-6-5-7-15(12-14)13-18-8-10-19(11-9-18)16(20)17(2,3)4;1-14(15-8-6-5-7-9-15)18-10-12-19(13-11-18)16(20)17(2,3)4;1-16(2,3)15(19)18-10-9-17-14(11-18)12-5-7-13(20-4)8-6-12;1-12-5-7-13(8-6-12)14-11-18(10-9-17-14)15(19)16(2,3)4;1-13(2,3)12(17)16-7-6-15-11(9-16)10-4-5-14-8-10/h5-6,11H,7-10,12H2,1-4H3;5-7,12H,8-11,13H2,1-4H3;5-9,14H,10-13H2,1-4H3;5-8,14,17H,9-11H2,1-4H3;5-8,14,17H,9-11H2,1-4H3;4,8,11,15H,5-7,9H2,1-3H3. The summed E-state index contributed by atoms with van der Waals surface area (Å²) in [7, 11) is 1.66. The molecule has 6 amide bonds. The zero-order valence-corrected chi connectivity index (χ0v) is 76.4. The molecule has 7 aliphatic heterocycles. The van der Waals surface area contributed by atoms with E-state index < -0.39 is 0 Å². The first-order valence-corrected chi connectivity index (χ1v) is 43.1. The van der Waals surface area contributed by atoms with Crippen molar-refractivity contribution >= 4 is 53.3 Å². The first-order valence-electron chi connectivity index (χ1n) is 42.7. The summed E-state index contributed by atoms with van der Waals surface area (Å²) in [4.78, 5) is 97.1. The molecule has 0 spiro atoms. The van der Waals surface area contributed by atoms with E-state index in [4.69, 9.17) is 16.3 Å². The second-order valence-corrected chi connectivity index (χ2v) is 39.2. The number of rotatable bonds is 10. The quantitative estimate of drug-likeness (QED) is 0.120. The van der Waals surface area contributed by atoms with Crippen LogP contribution in [0.25, 0.3) is 0 Å². The summed E-state index contributed by atoms with van der Waals surface area (Å²) in [5.74, 6) is 2.34. The number of aliphatic imine (C=N–C) groups is 1. The highest BCUT2D eigenvalue weighted by atomic mass is 35.5. The van der Waals surface area contributed by atoms with E-state index in [-0.39, 0.29) is 86.1 Å². The molecule has 5 aromatic rings. The van der Waals surface area contributed by atoms with Gasteiger partial charge in [-0.15, -0.1) is 0 Å². The SMILES string of the molecule is CC(C)(C)C(=O)N1CCNC(C2=CCN=C2)C1.CC(c1ccccc1)N1CCN(C(=O)C(C)(C)C)CC1.COc1ccc(C2CN(C(=O)C(C)(C)C)CCN2)cc1.Cc1ccc(C2CN(C(=O)C(C)(C)C)CCN2)cc1.Cc1ccc(CN2CCN(C(=O)C(C)(C)C)CC2)cc1Cl.Cc1cccc(CN2CCN(C(=O)C(C)(C)C)CC2)c1. The minimum Gasteiger partial charge on any atom is -0.497 e. The lowest BCUT2D eigenvalue weighted by Crippen LogP contribution is -2.55. The summed E-state index contributed by atoms with van der Waals surface area (Å²) in [5.41, 5.74) is 9.58. The molecule has 12 rings (SSSR count). The predicted molar refractivity (Wildman–Crippen MR) is 479 cm³/mol. The molecule has 4 atom stereocenters. The van der Waals surface area contributed by atoms with Gasteiger partial charge >= 0.3 is 0 Å². The summed E-state index contributed by atoms with van der Waals surface area (Å²) in [5, 5.41) is 11.2. The minimum atomic E-state index is -0.318. The number of amides is 6. The minimum absolute atomic E-state index is 0.195. The summed E-state index contributed by atoms with van der Waals surface area (Å²) >= 11 is 6.18. The lowest BCUT2D eigenvalue weighted by Gasteiger charge is -2.40. The highest BCUT2D eigenvalue weighted by Crippen LogP contribution is 2.30. The van der Waals surface area contributed by atoms with Crippen LogP contribution in [-0.4, -0.2) is 243 Å². The van der Waals surface area contributed by atoms with E-state index in [1.807, 2.05) is 185 Å². The van der Waals surface area contributed by atoms with E-state index >= 15 is 0 Å². The molecular formula is C96H146ClN13O7. The van der Waals surface area contributed by atoms with Crippen molar-refractivity contribution in [1.29, 1.82) is 0 Å². The van der Waals surface area contributed by atoms with Gasteiger partial charge in [0.1, 0.15) is 5.75 Å². The first-order chi connectivity index (χ1) is 54.8. The van der Waals surface area contributed by atoms with E-state index in [0.717, 1.165) is 173 Å². The molecule has 4 unspecified atom stereocenters. The van der Waals surface area contributed by atoms with E-state index in [2.05, 4.69) is 166 Å². The monoisotopic (exact) mass is 1630 g/mol. The molecule has 7 heterocycles. The van der Waals surface area contributed by atoms with Crippen LogP contribution in [0.3, 0.4) is 0 Å². The van der Waals surface area contributed by atoms with Crippen molar-refractivity contribution in [3.63, 3.8) is 0 Å². The van der Waals surface area contributed by atoms with Gasteiger partial charge < -0.3 is 50.1 Å². The molecule has 0 radical (unpaired) electrons. The van der Waals surface area contributed by atoms with Crippen molar-refractivity contribution in [2.45, 2.75) is 190 Å². The van der Waals surface area contributed by atoms with Gasteiger partial charge in [0.2, 0.25) is 35.4 Å². The maximum Gasteiger partial charge on any atom is 0.228 e. The topological polar surface area (TPSA) is 189 Å². The van der Waals surface area contributed by atoms with Gasteiger partial charge in [0, 0.05) is 212 Å². The first kappa shape index (κ1) is 96.3. The zero-order valence-electron chi connectivity index (χ0n) is 75.7. The van der Waals surface area contributed by atoms with E-state index in [0.29, 0.717) is 6.04 Å². The van der Waals surface area contributed by atoms with Crippen LogP contribution < -0.4 is 20.7 Å². The summed E-state index contributed by atoms with van der Waals surface area (Å²) < 4.78 is 5.18. The number of piperazine rings is 6. The molecule has 21 heteroatoms. The van der Waals surface area contributed by atoms with Crippen LogP contribution in [0, 0.1) is 53.3 Å². The number of benzene rings is 5. The van der Waals surface area contributed by atoms with Gasteiger partial charge in [0.05, 0.1) is 19.7 Å². The van der Waals surface area contributed by atoms with Gasteiger partial charge in [-0.25, -0.2) is 0 Å². The van der Waals surface area contributed by atoms with Crippen LogP contribution in [0.1, 0.15) is 194 Å². The van der Waals surface area contributed by atoms with Crippen molar-refractivity contribution < 1.29 is 33.5 Å². The molecular weight excluding hydrogens is 1480 g/mol. The van der Waals surface area contributed by atoms with Crippen LogP contribution in [0.2, 0.25) is 5.02 Å². The van der Waals surface area contributed by atoms with Crippen molar-refractivity contribution in [2.75, 3.05) is 151 Å². The Morgan fingerprint density at radius 2 is 0.795 bits per heavy atom. The van der Waals surface area contributed by atoms with Crippen LogP contribution in [-0.2, 0) is 41.9 Å². The zero-order chi connectivity index (χ0) is 86.4. The van der Waals surface area contributed by atoms with Crippen LogP contribution >= 0.6 is 11.6 Å². The predicted octanol–water partition coefficient (Wildman–Crippen LogP) is 14.5. The number of nitrogens with one attached hydrogen (secondary N) is 3. The van der Waals surface area contributed by atoms with Crippen molar-refractivity contribution in [3.05, 3.63) is 183 Å². The highest BCUT2D eigenvalue weighted by Gasteiger charge is 2.37. The van der Waals surface area contributed by atoms with Crippen LogP contribution in [0.4, 0.5) is 0 Å². The Morgan fingerprint density at radius 1 is 0.419 bits per heavy atom. The van der Waals surface area contributed by atoms with Gasteiger partial charge in [0.25, 0.3) is 0 Å². The van der Waals surface area contributed by atoms with E-state index in [9.17, 15) is 28.8 Å². The molecule has 117 heavy (non-hydrogen) atoms. The number of ether oxygens (including phenoxy) is 1. The third-order valence-corrected chi connectivity index (χ3v) is 22.6. The largest absolute Gasteiger partial charge is 0.497 e. The summed E-state index contributed by atoms with van der Waals surface area (Å²) in [6.45, 7) is 64.7. The third-order valence-electron chi connectivity index (χ3n) is 22.2. The van der Waals surface area contributed by atoms with E-state index in [1.165, 1.54) is 44.5 Å². The molecule has 6 saturated heterocycles. The lowest BCUT2D eigenvalue weighted by molar-refractivity contribution is -0.142. The number of methoxy groups -OCH3 is 1. The summed E-state index contributed by atoms with van der Waals surface area (Å²) in [6, 6.07) is 43.2. The number of hydrogen-bond donors (Lipinski definition) is 3. The molecule has 5 aromatic carbocycles. The van der Waals surface area contributed by atoms with Crippen molar-refractivity contribution in [2.24, 2.45) is 37.5 Å². The fraction of sp³-hybridized carbons (Fsp3) is 0.594. The number of carbonyl (C=O) groups is 6. The molecule has 0 saturated carbocycles. The van der Waals surface area contributed by atoms with Gasteiger partial charge in [-0.05, 0) is 84.8 Å². The lowest BCUT2D eigenvalue weighted by atomic mass is 9.93. The van der Waals surface area contributed by atoms with Gasteiger partial charge in [-0.3, -0.25) is 48.5 Å². The number of halogens is 1. The Kier molecular flexibility index (Phi) is 35.7. The molecule has 20 nitrogen and oxygen atoms in total. The molecule has 0 aliphatic carbocycles. The maximum atomic E-state index is 12.4. The fourth-order valence-electron chi connectivity index (χ4n) is 15.1. The average molecular weight is 1630 g/mol. The second-order valence-electron chi connectivity index (χ2n) is 38.8. The van der Waals surface area contributed by atoms with Crippen molar-refractivity contribution in [3.8, 4) is 5.75 Å². The maximum absolute atomic E-state index is 12.4. The Labute approximate surface area is 709 Å². The van der Waals surface area contributed by atoms with Gasteiger partial charge in [-0.2, -0.15) is 0 Å². The number of hydrogen-bond acceptors (Lipinski definition) is 14. The number of carbonyl (C=O) groups excluding carboxylic acids is 6. The van der Waals surface area contributed by atoms with Gasteiger partial charge in [0.15, 0.2) is 0 Å². The molecule has 0 bridgehead atoms. The Morgan fingerprint density at radius 3 is 1.17 bits per heavy atom. The normalized spacial score (nSPS) is 19.6. The van der Waals surface area contributed by atoms with Crippen LogP contribution in [0.15, 0.2) is 138 Å². The number of aryl methyl sites for hydroxylation is 3. The molecule has 3 N–H and O–H groups in total. The third kappa shape index (κ3) is 30.4. The van der Waals surface area contributed by atoms with Crippen LogP contribution in [0.5, 0.6) is 5.75 Å². The van der Waals surface area contributed by atoms with Gasteiger partial charge in [-0.1, -0.05) is 257 Å². The summed E-state index contributed by atoms with van der Waals surface area (Å²) in [6.07, 6.45) is 4.05. The van der Waals surface area contributed by atoms with Crippen molar-refractivity contribution in [1.82, 2.24) is 60.0 Å². The molecule has 7 aliphatic rings. The Hall–Kier alpha value is -7.82. The molecule has 644 valence electrons. The highest BCUT2D eigenvalue weighted by molar-refractivity contribution is 6.31. The number of nitrogens with zero attached hydrogens (tertiary/aromatic N) is 10. The Bertz CT molecular complexity index is 4050.